The number of nitrogens with zero attached hydrogens (tertiary/aromatic N) is 1. The molecule has 82 valence electrons. The fourth-order valence-corrected chi connectivity index (χ4v) is 4.64. The van der Waals surface area contributed by atoms with E-state index < -0.39 is 10.0 Å². The first kappa shape index (κ1) is 10.4. The van der Waals surface area contributed by atoms with Gasteiger partial charge in [0.05, 0.1) is 5.25 Å². The number of nitrogens with two attached hydrogens (primary N) is 1. The summed E-state index contributed by atoms with van der Waals surface area (Å²) < 4.78 is 25.5. The van der Waals surface area contributed by atoms with Gasteiger partial charge in [-0.15, -0.1) is 0 Å². The molecule has 0 unspecified atom stereocenters. The molecule has 2 rings (SSSR count). The van der Waals surface area contributed by atoms with Crippen molar-refractivity contribution < 1.29 is 8.42 Å². The average Bonchev–Trinajstić information content (AvgIpc) is 2.51. The van der Waals surface area contributed by atoms with Gasteiger partial charge in [-0.05, 0) is 19.8 Å². The second-order valence-electron chi connectivity index (χ2n) is 4.87. The Morgan fingerprint density at radius 3 is 2.21 bits per heavy atom. The summed E-state index contributed by atoms with van der Waals surface area (Å²) in [5, 5.41) is -0.126. The molecule has 1 saturated carbocycles. The Hall–Kier alpha value is -0.130. The lowest BCUT2D eigenvalue weighted by Crippen LogP contribution is -2.67. The molecule has 0 spiro atoms. The van der Waals surface area contributed by atoms with Gasteiger partial charge in [0, 0.05) is 18.6 Å². The van der Waals surface area contributed by atoms with Gasteiger partial charge in [-0.2, -0.15) is 4.31 Å². The van der Waals surface area contributed by atoms with Crippen LogP contribution in [0.15, 0.2) is 0 Å². The van der Waals surface area contributed by atoms with Crippen molar-refractivity contribution >= 4 is 10.0 Å². The summed E-state index contributed by atoms with van der Waals surface area (Å²) in [5.41, 5.74) is 5.50. The molecule has 5 heteroatoms. The quantitative estimate of drug-likeness (QED) is 0.724. The van der Waals surface area contributed by atoms with Crippen LogP contribution in [-0.2, 0) is 10.0 Å². The second kappa shape index (κ2) is 3.18. The monoisotopic (exact) mass is 218 g/mol. The molecule has 1 aliphatic carbocycles. The fraction of sp³-hybridized carbons (Fsp3) is 1.00. The van der Waals surface area contributed by atoms with E-state index in [1.807, 2.05) is 6.92 Å². The zero-order valence-electron chi connectivity index (χ0n) is 8.57. The van der Waals surface area contributed by atoms with Gasteiger partial charge in [0.2, 0.25) is 10.0 Å². The van der Waals surface area contributed by atoms with Crippen molar-refractivity contribution in [2.24, 2.45) is 5.73 Å². The third-order valence-corrected chi connectivity index (χ3v) is 5.45. The molecule has 0 aromatic carbocycles. The van der Waals surface area contributed by atoms with E-state index in [0.29, 0.717) is 13.1 Å². The zero-order valence-corrected chi connectivity index (χ0v) is 9.39. The minimum absolute atomic E-state index is 0.126. The normalized spacial score (nSPS) is 29.0. The Balaban J connectivity index is 2.03. The third-order valence-electron chi connectivity index (χ3n) is 3.16. The van der Waals surface area contributed by atoms with Crippen LogP contribution in [-0.4, -0.2) is 36.6 Å². The predicted octanol–water partition coefficient (Wildman–Crippen LogP) is 0.292. The Bertz CT molecular complexity index is 310. The molecule has 14 heavy (non-hydrogen) atoms. The molecule has 1 heterocycles. The second-order valence-corrected chi connectivity index (χ2v) is 7.09. The minimum Gasteiger partial charge on any atom is -0.323 e. The number of hydrogen-bond acceptors (Lipinski definition) is 3. The molecule has 2 N–H and O–H groups in total. The van der Waals surface area contributed by atoms with E-state index in [1.165, 1.54) is 0 Å². The molecule has 0 amide bonds. The molecular formula is C9H18N2O2S. The van der Waals surface area contributed by atoms with Crippen LogP contribution >= 0.6 is 0 Å². The molecule has 0 radical (unpaired) electrons. The van der Waals surface area contributed by atoms with Crippen molar-refractivity contribution in [3.63, 3.8) is 0 Å². The molecule has 2 fully saturated rings. The number of sulfonamides is 1. The van der Waals surface area contributed by atoms with E-state index >= 15 is 0 Å². The van der Waals surface area contributed by atoms with Crippen molar-refractivity contribution in [1.82, 2.24) is 4.31 Å². The highest BCUT2D eigenvalue weighted by Crippen LogP contribution is 2.31. The van der Waals surface area contributed by atoms with Gasteiger partial charge in [-0.1, -0.05) is 12.8 Å². The molecular weight excluding hydrogens is 200 g/mol. The molecule has 0 aromatic heterocycles. The summed E-state index contributed by atoms with van der Waals surface area (Å²) in [5.74, 6) is 0. The molecule has 4 nitrogen and oxygen atoms in total. The Morgan fingerprint density at radius 1 is 1.29 bits per heavy atom. The van der Waals surface area contributed by atoms with Crippen LogP contribution in [0.4, 0.5) is 0 Å². The smallest absolute Gasteiger partial charge is 0.217 e. The minimum atomic E-state index is -3.02. The van der Waals surface area contributed by atoms with E-state index in [-0.39, 0.29) is 10.8 Å². The maximum atomic E-state index is 12.0. The van der Waals surface area contributed by atoms with Crippen LogP contribution in [0, 0.1) is 0 Å². The highest BCUT2D eigenvalue weighted by molar-refractivity contribution is 7.89. The van der Waals surface area contributed by atoms with Crippen molar-refractivity contribution in [3.8, 4) is 0 Å². The summed E-state index contributed by atoms with van der Waals surface area (Å²) in [7, 11) is -3.02. The lowest BCUT2D eigenvalue weighted by atomic mass is 9.97. The van der Waals surface area contributed by atoms with Crippen LogP contribution in [0.2, 0.25) is 0 Å². The standard InChI is InChI=1S/C9H18N2O2S/c1-9(10)6-11(7-9)14(12,13)8-4-2-3-5-8/h8H,2-7,10H2,1H3. The van der Waals surface area contributed by atoms with Gasteiger partial charge in [0.15, 0.2) is 0 Å². The van der Waals surface area contributed by atoms with Crippen molar-refractivity contribution in [2.75, 3.05) is 13.1 Å². The third kappa shape index (κ3) is 1.68. The fourth-order valence-electron chi connectivity index (χ4n) is 2.34. The van der Waals surface area contributed by atoms with Gasteiger partial charge in [-0.25, -0.2) is 8.42 Å². The largest absolute Gasteiger partial charge is 0.323 e. The van der Waals surface area contributed by atoms with Crippen LogP contribution in [0.3, 0.4) is 0 Å². The SMILES string of the molecule is CC1(N)CN(S(=O)(=O)C2CCCC2)C1. The Labute approximate surface area is 85.5 Å². The summed E-state index contributed by atoms with van der Waals surface area (Å²) in [6, 6.07) is 0. The topological polar surface area (TPSA) is 63.4 Å². The first-order valence-electron chi connectivity index (χ1n) is 5.20. The first-order valence-corrected chi connectivity index (χ1v) is 6.70. The van der Waals surface area contributed by atoms with Crippen molar-refractivity contribution in [3.05, 3.63) is 0 Å². The maximum Gasteiger partial charge on any atom is 0.217 e. The van der Waals surface area contributed by atoms with Gasteiger partial charge in [0.1, 0.15) is 0 Å². The average molecular weight is 218 g/mol. The summed E-state index contributed by atoms with van der Waals surface area (Å²) in [6.07, 6.45) is 3.77. The van der Waals surface area contributed by atoms with E-state index in [4.69, 9.17) is 5.73 Å². The van der Waals surface area contributed by atoms with Gasteiger partial charge in [0.25, 0.3) is 0 Å². The number of rotatable bonds is 2. The highest BCUT2D eigenvalue weighted by atomic mass is 32.2. The lowest BCUT2D eigenvalue weighted by molar-refractivity contribution is 0.174. The molecule has 0 atom stereocenters. The highest BCUT2D eigenvalue weighted by Gasteiger charge is 2.45. The molecule has 0 bridgehead atoms. The Morgan fingerprint density at radius 2 is 1.79 bits per heavy atom. The van der Waals surface area contributed by atoms with E-state index in [2.05, 4.69) is 0 Å². The zero-order chi connectivity index (χ0) is 10.4. The summed E-state index contributed by atoms with van der Waals surface area (Å²) >= 11 is 0. The van der Waals surface area contributed by atoms with Crippen LogP contribution in [0.5, 0.6) is 0 Å². The molecule has 0 aromatic rings. The molecule has 2 aliphatic rings. The lowest BCUT2D eigenvalue weighted by Gasteiger charge is -2.45. The molecule has 1 saturated heterocycles. The van der Waals surface area contributed by atoms with Gasteiger partial charge in [-0.3, -0.25) is 0 Å². The number of hydrogen-bond donors (Lipinski definition) is 1. The van der Waals surface area contributed by atoms with Crippen molar-refractivity contribution in [1.29, 1.82) is 0 Å². The van der Waals surface area contributed by atoms with Gasteiger partial charge < -0.3 is 5.73 Å². The predicted molar refractivity (Wildman–Crippen MR) is 55.3 cm³/mol. The van der Waals surface area contributed by atoms with E-state index in [0.717, 1.165) is 25.7 Å². The van der Waals surface area contributed by atoms with Crippen LogP contribution in [0.25, 0.3) is 0 Å². The van der Waals surface area contributed by atoms with E-state index in [9.17, 15) is 8.42 Å². The van der Waals surface area contributed by atoms with Gasteiger partial charge >= 0.3 is 0 Å². The van der Waals surface area contributed by atoms with Crippen LogP contribution in [0.1, 0.15) is 32.6 Å². The summed E-state index contributed by atoms with van der Waals surface area (Å²) in [4.78, 5) is 0. The maximum absolute atomic E-state index is 12.0. The van der Waals surface area contributed by atoms with Crippen molar-refractivity contribution in [2.45, 2.75) is 43.4 Å². The Kier molecular flexibility index (Phi) is 2.36. The van der Waals surface area contributed by atoms with E-state index in [1.54, 1.807) is 4.31 Å². The summed E-state index contributed by atoms with van der Waals surface area (Å²) in [6.45, 7) is 2.88. The first-order chi connectivity index (χ1) is 6.42. The van der Waals surface area contributed by atoms with Crippen LogP contribution < -0.4 is 5.73 Å². The molecule has 1 aliphatic heterocycles.